The molecule has 19 heavy (non-hydrogen) atoms. The highest BCUT2D eigenvalue weighted by atomic mass is 35.5. The highest BCUT2D eigenvalue weighted by molar-refractivity contribution is 8.13. The van der Waals surface area contributed by atoms with Crippen molar-refractivity contribution in [3.8, 4) is 0 Å². The van der Waals surface area contributed by atoms with Crippen LogP contribution in [0.3, 0.4) is 0 Å². The molecular formula is C13H21Cl2N3S. The summed E-state index contributed by atoms with van der Waals surface area (Å²) in [7, 11) is 0. The largest absolute Gasteiger partial charge is 0.378 e. The van der Waals surface area contributed by atoms with Crippen molar-refractivity contribution >= 4 is 47.4 Å². The minimum absolute atomic E-state index is 0. The minimum atomic E-state index is -0.127. The number of aliphatic imine (C=N–C) groups is 1. The molecule has 3 nitrogen and oxygen atoms in total. The van der Waals surface area contributed by atoms with E-state index in [1.165, 1.54) is 12.0 Å². The second-order valence-corrected chi connectivity index (χ2v) is 5.73. The second kappa shape index (κ2) is 8.00. The summed E-state index contributed by atoms with van der Waals surface area (Å²) in [6.45, 7) is 2.06. The predicted molar refractivity (Wildman–Crippen MR) is 90.1 cm³/mol. The van der Waals surface area contributed by atoms with E-state index < -0.39 is 0 Å². The third-order valence-electron chi connectivity index (χ3n) is 3.20. The quantitative estimate of drug-likeness (QED) is 0.660. The van der Waals surface area contributed by atoms with Gasteiger partial charge in [0.2, 0.25) is 0 Å². The third kappa shape index (κ3) is 4.56. The van der Waals surface area contributed by atoms with Crippen LogP contribution in [0.4, 0.5) is 5.69 Å². The summed E-state index contributed by atoms with van der Waals surface area (Å²) in [4.78, 5) is 4.38. The van der Waals surface area contributed by atoms with Crippen LogP contribution in [0.15, 0.2) is 29.3 Å². The number of hydrogen-bond donors (Lipinski definition) is 2. The number of amidine groups is 1. The lowest BCUT2D eigenvalue weighted by atomic mass is 9.73. The SMILES string of the molecule is CCSC(N)=Nc1cccc(C2(N)CCC2)c1.Cl.Cl. The first-order valence-electron chi connectivity index (χ1n) is 6.00. The molecule has 1 aromatic rings. The van der Waals surface area contributed by atoms with Crippen molar-refractivity contribution in [2.24, 2.45) is 16.5 Å². The highest BCUT2D eigenvalue weighted by Gasteiger charge is 2.34. The predicted octanol–water partition coefficient (Wildman–Crippen LogP) is 3.57. The van der Waals surface area contributed by atoms with Gasteiger partial charge >= 0.3 is 0 Å². The number of nitrogens with zero attached hydrogens (tertiary/aromatic N) is 1. The van der Waals surface area contributed by atoms with Gasteiger partial charge in [-0.3, -0.25) is 0 Å². The maximum Gasteiger partial charge on any atom is 0.159 e. The van der Waals surface area contributed by atoms with Crippen LogP contribution in [0, 0.1) is 0 Å². The summed E-state index contributed by atoms with van der Waals surface area (Å²) >= 11 is 1.56. The number of halogens is 2. The maximum absolute atomic E-state index is 6.30. The number of benzene rings is 1. The van der Waals surface area contributed by atoms with Gasteiger partial charge < -0.3 is 11.5 Å². The van der Waals surface area contributed by atoms with E-state index in [0.717, 1.165) is 24.3 Å². The molecule has 0 radical (unpaired) electrons. The molecule has 1 saturated carbocycles. The minimum Gasteiger partial charge on any atom is -0.378 e. The van der Waals surface area contributed by atoms with Crippen LogP contribution in [0.5, 0.6) is 0 Å². The molecule has 0 unspecified atom stereocenters. The Bertz CT molecular complexity index is 434. The fourth-order valence-electron chi connectivity index (χ4n) is 2.04. The second-order valence-electron chi connectivity index (χ2n) is 4.44. The molecular weight excluding hydrogens is 301 g/mol. The van der Waals surface area contributed by atoms with Gasteiger partial charge in [0.25, 0.3) is 0 Å². The Balaban J connectivity index is 0.00000162. The lowest BCUT2D eigenvalue weighted by molar-refractivity contribution is 0.253. The smallest absolute Gasteiger partial charge is 0.159 e. The molecule has 0 atom stereocenters. The molecule has 0 bridgehead atoms. The number of hydrogen-bond acceptors (Lipinski definition) is 3. The van der Waals surface area contributed by atoms with Gasteiger partial charge in [-0.05, 0) is 42.7 Å². The van der Waals surface area contributed by atoms with Gasteiger partial charge in [0.1, 0.15) is 0 Å². The molecule has 0 aliphatic heterocycles. The normalized spacial score (nSPS) is 16.8. The summed E-state index contributed by atoms with van der Waals surface area (Å²) in [5, 5.41) is 0.615. The van der Waals surface area contributed by atoms with Crippen LogP contribution in [-0.4, -0.2) is 10.9 Å². The van der Waals surface area contributed by atoms with Crippen LogP contribution >= 0.6 is 36.6 Å². The van der Waals surface area contributed by atoms with Crippen LogP contribution in [0.1, 0.15) is 31.7 Å². The number of rotatable bonds is 3. The highest BCUT2D eigenvalue weighted by Crippen LogP contribution is 2.39. The molecule has 0 spiro atoms. The Kier molecular flexibility index (Phi) is 7.82. The first-order chi connectivity index (χ1) is 8.14. The van der Waals surface area contributed by atoms with Gasteiger partial charge in [-0.1, -0.05) is 30.8 Å². The van der Waals surface area contributed by atoms with Gasteiger partial charge in [0.05, 0.1) is 5.69 Å². The fourth-order valence-corrected chi connectivity index (χ4v) is 2.50. The van der Waals surface area contributed by atoms with Gasteiger partial charge in [0, 0.05) is 5.54 Å². The third-order valence-corrected chi connectivity index (χ3v) is 3.87. The van der Waals surface area contributed by atoms with Gasteiger partial charge in [-0.2, -0.15) is 0 Å². The van der Waals surface area contributed by atoms with Crippen molar-refractivity contribution in [3.63, 3.8) is 0 Å². The molecule has 1 aliphatic carbocycles. The Morgan fingerprint density at radius 3 is 2.58 bits per heavy atom. The van der Waals surface area contributed by atoms with Gasteiger partial charge in [0.15, 0.2) is 5.17 Å². The molecule has 0 saturated heterocycles. The van der Waals surface area contributed by atoms with Crippen molar-refractivity contribution in [1.82, 2.24) is 0 Å². The van der Waals surface area contributed by atoms with Gasteiger partial charge in [-0.25, -0.2) is 4.99 Å². The van der Waals surface area contributed by atoms with E-state index >= 15 is 0 Å². The van der Waals surface area contributed by atoms with E-state index in [-0.39, 0.29) is 30.4 Å². The first kappa shape index (κ1) is 18.6. The van der Waals surface area contributed by atoms with E-state index in [9.17, 15) is 0 Å². The molecule has 6 heteroatoms. The van der Waals surface area contributed by atoms with Crippen LogP contribution in [0.2, 0.25) is 0 Å². The lowest BCUT2D eigenvalue weighted by Crippen LogP contribution is -2.43. The molecule has 1 aromatic carbocycles. The summed E-state index contributed by atoms with van der Waals surface area (Å²) in [6, 6.07) is 8.11. The summed E-state index contributed by atoms with van der Waals surface area (Å²) in [6.07, 6.45) is 3.36. The molecule has 2 rings (SSSR count). The Morgan fingerprint density at radius 2 is 2.05 bits per heavy atom. The summed E-state index contributed by atoms with van der Waals surface area (Å²) in [5.74, 6) is 0.940. The number of thioether (sulfide) groups is 1. The first-order valence-corrected chi connectivity index (χ1v) is 6.99. The molecule has 4 N–H and O–H groups in total. The molecule has 1 aliphatic rings. The number of nitrogens with two attached hydrogens (primary N) is 2. The Hall–Kier alpha value is -0.420. The topological polar surface area (TPSA) is 64.4 Å². The molecule has 0 heterocycles. The molecule has 1 fully saturated rings. The molecule has 108 valence electrons. The average Bonchev–Trinajstić information content (AvgIpc) is 2.26. The summed E-state index contributed by atoms with van der Waals surface area (Å²) < 4.78 is 0. The van der Waals surface area contributed by atoms with E-state index in [2.05, 4.69) is 24.0 Å². The fraction of sp³-hybridized carbons (Fsp3) is 0.462. The zero-order chi connectivity index (χ0) is 12.3. The monoisotopic (exact) mass is 321 g/mol. The van der Waals surface area contributed by atoms with Crippen LogP contribution in [0.25, 0.3) is 0 Å². The van der Waals surface area contributed by atoms with Crippen molar-refractivity contribution in [2.75, 3.05) is 5.75 Å². The van der Waals surface area contributed by atoms with Crippen LogP contribution < -0.4 is 11.5 Å². The Morgan fingerprint density at radius 1 is 1.37 bits per heavy atom. The zero-order valence-electron chi connectivity index (χ0n) is 11.0. The van der Waals surface area contributed by atoms with Gasteiger partial charge in [-0.15, -0.1) is 24.8 Å². The van der Waals surface area contributed by atoms with E-state index in [4.69, 9.17) is 11.5 Å². The average molecular weight is 322 g/mol. The summed E-state index contributed by atoms with van der Waals surface area (Å²) in [5.41, 5.74) is 14.1. The Labute approximate surface area is 131 Å². The maximum atomic E-state index is 6.30. The molecule has 0 aromatic heterocycles. The van der Waals surface area contributed by atoms with E-state index in [1.54, 1.807) is 11.8 Å². The van der Waals surface area contributed by atoms with Crippen molar-refractivity contribution in [1.29, 1.82) is 0 Å². The lowest BCUT2D eigenvalue weighted by Gasteiger charge is -2.38. The van der Waals surface area contributed by atoms with Crippen molar-refractivity contribution in [2.45, 2.75) is 31.7 Å². The van der Waals surface area contributed by atoms with Crippen molar-refractivity contribution < 1.29 is 0 Å². The van der Waals surface area contributed by atoms with Crippen molar-refractivity contribution in [3.05, 3.63) is 29.8 Å². The zero-order valence-corrected chi connectivity index (χ0v) is 13.4. The van der Waals surface area contributed by atoms with Crippen LogP contribution in [-0.2, 0) is 5.54 Å². The van der Waals surface area contributed by atoms with E-state index in [1.807, 2.05) is 12.1 Å². The molecule has 0 amide bonds. The standard InChI is InChI=1S/C13H19N3S.2ClH/c1-2-17-12(14)16-11-6-3-5-10(9-11)13(15)7-4-8-13;;/h3,5-6,9H,2,4,7-8,15H2,1H3,(H2,14,16);2*1H. The van der Waals surface area contributed by atoms with E-state index in [0.29, 0.717) is 5.17 Å².